The maximum absolute atomic E-state index is 6.15. The summed E-state index contributed by atoms with van der Waals surface area (Å²) in [5.41, 5.74) is 2.93. The Balaban J connectivity index is 1.68. The fourth-order valence-corrected chi connectivity index (χ4v) is 2.65. The molecule has 21 heavy (non-hydrogen) atoms. The number of aryl methyl sites for hydroxylation is 1. The van der Waals surface area contributed by atoms with E-state index in [0.717, 1.165) is 23.3 Å². The highest BCUT2D eigenvalue weighted by Gasteiger charge is 2.05. The van der Waals surface area contributed by atoms with Crippen molar-refractivity contribution in [3.63, 3.8) is 0 Å². The van der Waals surface area contributed by atoms with Gasteiger partial charge in [-0.15, -0.1) is 5.10 Å². The molecule has 0 amide bonds. The number of hydrogen-bond donors (Lipinski definition) is 1. The second kappa shape index (κ2) is 5.92. The summed E-state index contributed by atoms with van der Waals surface area (Å²) in [5.74, 6) is 0.620. The number of fused-ring (bicyclic) bond motifs is 1. The minimum absolute atomic E-state index is 0.620. The van der Waals surface area contributed by atoms with Crippen LogP contribution in [0.3, 0.4) is 0 Å². The van der Waals surface area contributed by atoms with Gasteiger partial charge in [0.05, 0.1) is 0 Å². The number of nitrogens with zero attached hydrogens (tertiary/aromatic N) is 3. The SMILES string of the molecule is Cc1cccc2nc(NCCc3ccc(Cl)cc3Cl)nn12. The van der Waals surface area contributed by atoms with Gasteiger partial charge in [-0.3, -0.25) is 0 Å². The molecule has 0 saturated carbocycles. The standard InChI is InChI=1S/C15H14Cl2N4/c1-10-3-2-4-14-19-15(20-21(10)14)18-8-7-11-5-6-12(16)9-13(11)17/h2-6,9H,7-8H2,1H3,(H,18,20). The van der Waals surface area contributed by atoms with Gasteiger partial charge in [-0.1, -0.05) is 35.3 Å². The molecular formula is C15H14Cl2N4. The molecule has 0 spiro atoms. The number of rotatable bonds is 4. The minimum atomic E-state index is 0.620. The van der Waals surface area contributed by atoms with Crippen LogP contribution in [0.1, 0.15) is 11.3 Å². The van der Waals surface area contributed by atoms with Gasteiger partial charge in [0, 0.05) is 22.3 Å². The van der Waals surface area contributed by atoms with Crippen LogP contribution < -0.4 is 5.32 Å². The van der Waals surface area contributed by atoms with Gasteiger partial charge in [-0.25, -0.2) is 4.52 Å². The highest BCUT2D eigenvalue weighted by molar-refractivity contribution is 6.35. The molecular weight excluding hydrogens is 307 g/mol. The molecule has 1 N–H and O–H groups in total. The molecule has 0 saturated heterocycles. The van der Waals surface area contributed by atoms with E-state index in [0.29, 0.717) is 22.5 Å². The maximum atomic E-state index is 6.15. The van der Waals surface area contributed by atoms with E-state index < -0.39 is 0 Å². The molecule has 1 aromatic carbocycles. The van der Waals surface area contributed by atoms with Crippen LogP contribution in [0.15, 0.2) is 36.4 Å². The molecule has 0 aliphatic rings. The Bertz CT molecular complexity index is 782. The van der Waals surface area contributed by atoms with Gasteiger partial charge in [0.25, 0.3) is 0 Å². The zero-order chi connectivity index (χ0) is 14.8. The number of nitrogens with one attached hydrogen (secondary N) is 1. The van der Waals surface area contributed by atoms with Crippen molar-refractivity contribution in [1.82, 2.24) is 14.6 Å². The van der Waals surface area contributed by atoms with Crippen molar-refractivity contribution in [2.45, 2.75) is 13.3 Å². The van der Waals surface area contributed by atoms with Crippen LogP contribution in [0.4, 0.5) is 5.95 Å². The third kappa shape index (κ3) is 3.12. The van der Waals surface area contributed by atoms with E-state index in [1.807, 2.05) is 41.8 Å². The van der Waals surface area contributed by atoms with E-state index in [9.17, 15) is 0 Å². The summed E-state index contributed by atoms with van der Waals surface area (Å²) in [6.07, 6.45) is 0.782. The van der Waals surface area contributed by atoms with Crippen LogP contribution >= 0.6 is 23.2 Å². The molecule has 3 aromatic rings. The molecule has 0 unspecified atom stereocenters. The predicted octanol–water partition coefficient (Wildman–Crippen LogP) is 4.00. The molecule has 0 atom stereocenters. The molecule has 108 valence electrons. The zero-order valence-electron chi connectivity index (χ0n) is 11.5. The normalized spacial score (nSPS) is 11.0. The molecule has 2 heterocycles. The van der Waals surface area contributed by atoms with E-state index in [2.05, 4.69) is 15.4 Å². The van der Waals surface area contributed by atoms with Gasteiger partial charge in [0.2, 0.25) is 5.95 Å². The first-order valence-electron chi connectivity index (χ1n) is 6.64. The molecule has 0 aliphatic carbocycles. The number of pyridine rings is 1. The molecule has 4 nitrogen and oxygen atoms in total. The minimum Gasteiger partial charge on any atom is -0.353 e. The highest BCUT2D eigenvalue weighted by atomic mass is 35.5. The first-order chi connectivity index (χ1) is 10.1. The molecule has 3 rings (SSSR count). The topological polar surface area (TPSA) is 42.2 Å². The van der Waals surface area contributed by atoms with Gasteiger partial charge in [-0.2, -0.15) is 4.98 Å². The van der Waals surface area contributed by atoms with Gasteiger partial charge in [0.1, 0.15) is 0 Å². The Morgan fingerprint density at radius 1 is 1.19 bits per heavy atom. The Kier molecular flexibility index (Phi) is 3.99. The van der Waals surface area contributed by atoms with E-state index in [-0.39, 0.29) is 0 Å². The zero-order valence-corrected chi connectivity index (χ0v) is 13.0. The average Bonchev–Trinajstić information content (AvgIpc) is 2.86. The molecule has 2 aromatic heterocycles. The van der Waals surface area contributed by atoms with E-state index in [4.69, 9.17) is 23.2 Å². The Labute approximate surface area is 132 Å². The predicted molar refractivity (Wildman–Crippen MR) is 86.4 cm³/mol. The second-order valence-corrected chi connectivity index (χ2v) is 5.63. The van der Waals surface area contributed by atoms with Crippen molar-refractivity contribution in [2.24, 2.45) is 0 Å². The van der Waals surface area contributed by atoms with Crippen molar-refractivity contribution in [1.29, 1.82) is 0 Å². The van der Waals surface area contributed by atoms with Crippen molar-refractivity contribution in [3.8, 4) is 0 Å². The third-order valence-electron chi connectivity index (χ3n) is 3.24. The molecule has 0 radical (unpaired) electrons. The summed E-state index contributed by atoms with van der Waals surface area (Å²) in [4.78, 5) is 4.43. The Morgan fingerprint density at radius 3 is 2.81 bits per heavy atom. The smallest absolute Gasteiger partial charge is 0.243 e. The monoisotopic (exact) mass is 320 g/mol. The number of halogens is 2. The second-order valence-electron chi connectivity index (χ2n) is 4.79. The first kappa shape index (κ1) is 14.2. The lowest BCUT2D eigenvalue weighted by Gasteiger charge is -2.05. The molecule has 0 aliphatic heterocycles. The summed E-state index contributed by atoms with van der Waals surface area (Å²) in [5, 5.41) is 8.97. The molecule has 6 heteroatoms. The van der Waals surface area contributed by atoms with E-state index in [1.165, 1.54) is 0 Å². The number of hydrogen-bond acceptors (Lipinski definition) is 3. The quantitative estimate of drug-likeness (QED) is 0.790. The van der Waals surface area contributed by atoms with Crippen molar-refractivity contribution in [3.05, 3.63) is 57.7 Å². The van der Waals surface area contributed by atoms with Gasteiger partial charge in [0.15, 0.2) is 5.65 Å². The van der Waals surface area contributed by atoms with Gasteiger partial charge in [-0.05, 0) is 43.2 Å². The fraction of sp³-hybridized carbons (Fsp3) is 0.200. The lowest BCUT2D eigenvalue weighted by Crippen LogP contribution is -2.06. The maximum Gasteiger partial charge on any atom is 0.243 e. The number of benzene rings is 1. The lowest BCUT2D eigenvalue weighted by molar-refractivity contribution is 0.904. The average molecular weight is 321 g/mol. The summed E-state index contributed by atoms with van der Waals surface area (Å²) >= 11 is 12.0. The number of aromatic nitrogens is 3. The summed E-state index contributed by atoms with van der Waals surface area (Å²) in [6.45, 7) is 2.70. The third-order valence-corrected chi connectivity index (χ3v) is 3.83. The Hall–Kier alpha value is -1.78. The highest BCUT2D eigenvalue weighted by Crippen LogP contribution is 2.21. The summed E-state index contributed by atoms with van der Waals surface area (Å²) in [6, 6.07) is 11.4. The summed E-state index contributed by atoms with van der Waals surface area (Å²) in [7, 11) is 0. The molecule has 0 fully saturated rings. The van der Waals surface area contributed by atoms with Crippen LogP contribution in [-0.2, 0) is 6.42 Å². The lowest BCUT2D eigenvalue weighted by atomic mass is 10.1. The van der Waals surface area contributed by atoms with Crippen LogP contribution in [-0.4, -0.2) is 21.1 Å². The van der Waals surface area contributed by atoms with Gasteiger partial charge >= 0.3 is 0 Å². The van der Waals surface area contributed by atoms with Crippen molar-refractivity contribution >= 4 is 34.8 Å². The van der Waals surface area contributed by atoms with E-state index >= 15 is 0 Å². The van der Waals surface area contributed by atoms with Crippen LogP contribution in [0.5, 0.6) is 0 Å². The van der Waals surface area contributed by atoms with Crippen LogP contribution in [0.25, 0.3) is 5.65 Å². The van der Waals surface area contributed by atoms with Crippen molar-refractivity contribution in [2.75, 3.05) is 11.9 Å². The van der Waals surface area contributed by atoms with Crippen LogP contribution in [0, 0.1) is 6.92 Å². The fourth-order valence-electron chi connectivity index (χ4n) is 2.14. The first-order valence-corrected chi connectivity index (χ1v) is 7.39. The molecule has 0 bridgehead atoms. The van der Waals surface area contributed by atoms with Gasteiger partial charge < -0.3 is 5.32 Å². The largest absolute Gasteiger partial charge is 0.353 e. The summed E-state index contributed by atoms with van der Waals surface area (Å²) < 4.78 is 1.82. The number of anilines is 1. The van der Waals surface area contributed by atoms with Crippen molar-refractivity contribution < 1.29 is 0 Å². The Morgan fingerprint density at radius 2 is 2.05 bits per heavy atom. The van der Waals surface area contributed by atoms with E-state index in [1.54, 1.807) is 6.07 Å². The van der Waals surface area contributed by atoms with Crippen LogP contribution in [0.2, 0.25) is 10.0 Å².